The minimum atomic E-state index is -0.576. The number of rotatable bonds is 5. The Bertz CT molecular complexity index is 763. The van der Waals surface area contributed by atoms with Gasteiger partial charge in [-0.2, -0.15) is 0 Å². The van der Waals surface area contributed by atoms with E-state index in [1.165, 1.54) is 9.90 Å². The summed E-state index contributed by atoms with van der Waals surface area (Å²) >= 11 is 2.28. The average Bonchev–Trinajstić information content (AvgIpc) is 2.61. The van der Waals surface area contributed by atoms with Crippen molar-refractivity contribution in [2.45, 2.75) is 6.10 Å². The SMILES string of the molecule is OC(CNc1cc(-c2ccc(I)cc2)ncn1)c1ccccc1. The summed E-state index contributed by atoms with van der Waals surface area (Å²) in [6, 6.07) is 19.6. The smallest absolute Gasteiger partial charge is 0.130 e. The van der Waals surface area contributed by atoms with E-state index < -0.39 is 6.10 Å². The predicted molar refractivity (Wildman–Crippen MR) is 100 cm³/mol. The molecule has 23 heavy (non-hydrogen) atoms. The maximum Gasteiger partial charge on any atom is 0.130 e. The highest BCUT2D eigenvalue weighted by Crippen LogP contribution is 2.20. The lowest BCUT2D eigenvalue weighted by Crippen LogP contribution is -2.13. The number of nitrogens with one attached hydrogen (secondary N) is 1. The lowest BCUT2D eigenvalue weighted by atomic mass is 10.1. The van der Waals surface area contributed by atoms with Crippen molar-refractivity contribution in [2.75, 3.05) is 11.9 Å². The normalized spacial score (nSPS) is 11.9. The van der Waals surface area contributed by atoms with Gasteiger partial charge in [-0.1, -0.05) is 42.5 Å². The number of anilines is 1. The minimum Gasteiger partial charge on any atom is -0.387 e. The van der Waals surface area contributed by atoms with Gasteiger partial charge in [0, 0.05) is 21.7 Å². The second kappa shape index (κ2) is 7.52. The third kappa shape index (κ3) is 4.27. The molecule has 0 saturated carbocycles. The van der Waals surface area contributed by atoms with Gasteiger partial charge in [0.15, 0.2) is 0 Å². The number of benzene rings is 2. The van der Waals surface area contributed by atoms with E-state index in [0.29, 0.717) is 12.4 Å². The molecule has 0 bridgehead atoms. The van der Waals surface area contributed by atoms with E-state index in [0.717, 1.165) is 16.8 Å². The molecular formula is C18H16IN3O. The first-order valence-electron chi connectivity index (χ1n) is 7.27. The van der Waals surface area contributed by atoms with Crippen LogP contribution in [0.1, 0.15) is 11.7 Å². The van der Waals surface area contributed by atoms with E-state index in [1.54, 1.807) is 0 Å². The third-order valence-corrected chi connectivity index (χ3v) is 4.19. The van der Waals surface area contributed by atoms with Crippen LogP contribution in [0.4, 0.5) is 5.82 Å². The van der Waals surface area contributed by atoms with Gasteiger partial charge in [0.05, 0.1) is 11.8 Å². The van der Waals surface area contributed by atoms with Crippen LogP contribution in [0.5, 0.6) is 0 Å². The third-order valence-electron chi connectivity index (χ3n) is 3.47. The Balaban J connectivity index is 1.69. The molecule has 0 radical (unpaired) electrons. The average molecular weight is 417 g/mol. The fourth-order valence-corrected chi connectivity index (χ4v) is 2.59. The van der Waals surface area contributed by atoms with Gasteiger partial charge in [0.2, 0.25) is 0 Å². The summed E-state index contributed by atoms with van der Waals surface area (Å²) in [5, 5.41) is 13.4. The molecule has 0 fully saturated rings. The molecule has 4 nitrogen and oxygen atoms in total. The van der Waals surface area contributed by atoms with E-state index in [1.807, 2.05) is 60.7 Å². The molecule has 5 heteroatoms. The molecule has 2 aromatic carbocycles. The zero-order chi connectivity index (χ0) is 16.1. The standard InChI is InChI=1S/C18H16IN3O/c19-15-8-6-13(7-9-15)16-10-18(22-12-21-16)20-11-17(23)14-4-2-1-3-5-14/h1-10,12,17,23H,11H2,(H,20,21,22). The van der Waals surface area contributed by atoms with Crippen molar-refractivity contribution >= 4 is 28.4 Å². The predicted octanol–water partition coefficient (Wildman–Crippen LogP) is 3.89. The summed E-state index contributed by atoms with van der Waals surface area (Å²) in [4.78, 5) is 8.52. The summed E-state index contributed by atoms with van der Waals surface area (Å²) in [5.41, 5.74) is 2.78. The molecule has 0 amide bonds. The van der Waals surface area contributed by atoms with E-state index >= 15 is 0 Å². The Morgan fingerprint density at radius 2 is 1.74 bits per heavy atom. The lowest BCUT2D eigenvalue weighted by molar-refractivity contribution is 0.191. The maximum atomic E-state index is 10.2. The molecule has 1 atom stereocenters. The molecule has 3 aromatic rings. The van der Waals surface area contributed by atoms with Crippen LogP contribution in [0, 0.1) is 3.57 Å². The molecule has 3 rings (SSSR count). The molecule has 116 valence electrons. The molecule has 0 aliphatic heterocycles. The zero-order valence-electron chi connectivity index (χ0n) is 12.4. The highest BCUT2D eigenvalue weighted by atomic mass is 127. The summed E-state index contributed by atoms with van der Waals surface area (Å²) in [6.07, 6.45) is 0.956. The number of halogens is 1. The van der Waals surface area contributed by atoms with Crippen LogP contribution in [-0.2, 0) is 0 Å². The van der Waals surface area contributed by atoms with Crippen molar-refractivity contribution in [3.8, 4) is 11.3 Å². The van der Waals surface area contributed by atoms with Gasteiger partial charge in [-0.05, 0) is 40.3 Å². The number of hydrogen-bond donors (Lipinski definition) is 2. The molecule has 0 saturated heterocycles. The van der Waals surface area contributed by atoms with Crippen molar-refractivity contribution < 1.29 is 5.11 Å². The number of nitrogens with zero attached hydrogens (tertiary/aromatic N) is 2. The summed E-state index contributed by atoms with van der Waals surface area (Å²) < 4.78 is 1.18. The number of aromatic nitrogens is 2. The Labute approximate surface area is 148 Å². The second-order valence-corrected chi connectivity index (χ2v) is 6.35. The fourth-order valence-electron chi connectivity index (χ4n) is 2.23. The van der Waals surface area contributed by atoms with Crippen molar-refractivity contribution in [3.63, 3.8) is 0 Å². The first-order valence-corrected chi connectivity index (χ1v) is 8.35. The van der Waals surface area contributed by atoms with Crippen molar-refractivity contribution in [1.29, 1.82) is 0 Å². The number of hydrogen-bond acceptors (Lipinski definition) is 4. The van der Waals surface area contributed by atoms with Gasteiger partial charge in [-0.25, -0.2) is 9.97 Å². The molecule has 1 unspecified atom stereocenters. The van der Waals surface area contributed by atoms with Crippen LogP contribution >= 0.6 is 22.6 Å². The fraction of sp³-hybridized carbons (Fsp3) is 0.111. The summed E-state index contributed by atoms with van der Waals surface area (Å²) in [6.45, 7) is 0.396. The van der Waals surface area contributed by atoms with Gasteiger partial charge in [-0.3, -0.25) is 0 Å². The molecule has 1 heterocycles. The topological polar surface area (TPSA) is 58.0 Å². The van der Waals surface area contributed by atoms with E-state index in [4.69, 9.17) is 0 Å². The monoisotopic (exact) mass is 417 g/mol. The molecule has 0 aliphatic carbocycles. The highest BCUT2D eigenvalue weighted by molar-refractivity contribution is 14.1. The minimum absolute atomic E-state index is 0.396. The van der Waals surface area contributed by atoms with Gasteiger partial charge >= 0.3 is 0 Å². The van der Waals surface area contributed by atoms with Crippen LogP contribution in [0.2, 0.25) is 0 Å². The van der Waals surface area contributed by atoms with Crippen molar-refractivity contribution in [2.24, 2.45) is 0 Å². The largest absolute Gasteiger partial charge is 0.387 e. The summed E-state index contributed by atoms with van der Waals surface area (Å²) in [5.74, 6) is 0.698. The number of aliphatic hydroxyl groups is 1. The van der Waals surface area contributed by atoms with E-state index in [2.05, 4.69) is 37.9 Å². The lowest BCUT2D eigenvalue weighted by Gasteiger charge is -2.13. The molecule has 1 aromatic heterocycles. The second-order valence-electron chi connectivity index (χ2n) is 5.10. The first-order chi connectivity index (χ1) is 11.2. The molecular weight excluding hydrogens is 401 g/mol. The van der Waals surface area contributed by atoms with Crippen molar-refractivity contribution in [3.05, 3.63) is 76.1 Å². The maximum absolute atomic E-state index is 10.2. The van der Waals surface area contributed by atoms with Crippen LogP contribution in [0.25, 0.3) is 11.3 Å². The van der Waals surface area contributed by atoms with Crippen LogP contribution in [0.15, 0.2) is 67.0 Å². The van der Waals surface area contributed by atoms with Gasteiger partial charge in [0.25, 0.3) is 0 Å². The number of aliphatic hydroxyl groups excluding tert-OH is 1. The van der Waals surface area contributed by atoms with Gasteiger partial charge in [0.1, 0.15) is 12.1 Å². The Kier molecular flexibility index (Phi) is 5.19. The first kappa shape index (κ1) is 15.9. The Hall–Kier alpha value is -1.99. The van der Waals surface area contributed by atoms with Crippen LogP contribution < -0.4 is 5.32 Å². The van der Waals surface area contributed by atoms with Gasteiger partial charge < -0.3 is 10.4 Å². The molecule has 0 spiro atoms. The van der Waals surface area contributed by atoms with E-state index in [-0.39, 0.29) is 0 Å². The quantitative estimate of drug-likeness (QED) is 0.619. The highest BCUT2D eigenvalue weighted by Gasteiger charge is 2.07. The van der Waals surface area contributed by atoms with E-state index in [9.17, 15) is 5.11 Å². The zero-order valence-corrected chi connectivity index (χ0v) is 14.5. The van der Waals surface area contributed by atoms with Crippen LogP contribution in [-0.4, -0.2) is 21.6 Å². The van der Waals surface area contributed by atoms with Crippen molar-refractivity contribution in [1.82, 2.24) is 9.97 Å². The Morgan fingerprint density at radius 3 is 2.48 bits per heavy atom. The molecule has 0 aliphatic rings. The Morgan fingerprint density at radius 1 is 1.00 bits per heavy atom. The summed E-state index contributed by atoms with van der Waals surface area (Å²) in [7, 11) is 0. The van der Waals surface area contributed by atoms with Gasteiger partial charge in [-0.15, -0.1) is 0 Å². The molecule has 2 N–H and O–H groups in total. The van der Waals surface area contributed by atoms with Crippen LogP contribution in [0.3, 0.4) is 0 Å².